The minimum Gasteiger partial charge on any atom is -0.392 e. The van der Waals surface area contributed by atoms with Gasteiger partial charge in [-0.25, -0.2) is 0 Å². The largest absolute Gasteiger partial charge is 0.392 e. The second-order valence-electron chi connectivity index (χ2n) is 4.15. The lowest BCUT2D eigenvalue weighted by molar-refractivity contribution is 0.282. The highest BCUT2D eigenvalue weighted by molar-refractivity contribution is 7.80. The maximum atomic E-state index is 8.77. The molecule has 0 atom stereocenters. The summed E-state index contributed by atoms with van der Waals surface area (Å²) in [4.78, 5) is 0. The normalized spacial score (nSPS) is 10.1. The molecule has 0 aliphatic carbocycles. The smallest absolute Gasteiger partial charge is 0.0681 e. The van der Waals surface area contributed by atoms with Crippen molar-refractivity contribution in [3.63, 3.8) is 0 Å². The molecule has 0 bridgehead atoms. The van der Waals surface area contributed by atoms with Gasteiger partial charge in [0.2, 0.25) is 0 Å². The van der Waals surface area contributed by atoms with E-state index in [4.69, 9.17) is 5.11 Å². The van der Waals surface area contributed by atoms with Gasteiger partial charge in [-0.05, 0) is 22.3 Å². The van der Waals surface area contributed by atoms with Gasteiger partial charge in [0.1, 0.15) is 0 Å². The maximum absolute atomic E-state index is 8.77. The van der Waals surface area contributed by atoms with Crippen molar-refractivity contribution in [1.82, 2.24) is 0 Å². The van der Waals surface area contributed by atoms with Crippen LogP contribution in [0, 0.1) is 0 Å². The molecule has 1 aromatic rings. The molecule has 0 amide bonds. The molecule has 0 radical (unpaired) electrons. The van der Waals surface area contributed by atoms with E-state index >= 15 is 0 Å². The monoisotopic (exact) mass is 226 g/mol. The first-order chi connectivity index (χ1) is 6.97. The van der Waals surface area contributed by atoms with Crippen molar-refractivity contribution in [2.45, 2.75) is 45.5 Å². The van der Waals surface area contributed by atoms with Gasteiger partial charge in [0.25, 0.3) is 0 Å². The molecule has 1 rings (SSSR count). The first-order valence-corrected chi connectivity index (χ1v) is 5.86. The number of thiol groups is 1. The fraction of sp³-hybridized carbons (Fsp3) is 0.538. The fourth-order valence-electron chi connectivity index (χ4n) is 1.01. The predicted octanol–water partition coefficient (Wildman–Crippen LogP) is 3.63. The molecule has 0 fully saturated rings. The zero-order valence-corrected chi connectivity index (χ0v) is 11.0. The van der Waals surface area contributed by atoms with Crippen LogP contribution in [-0.4, -0.2) is 10.4 Å². The first-order valence-electron chi connectivity index (χ1n) is 5.35. The highest BCUT2D eigenvalue weighted by Gasteiger charge is 1.97. The quantitative estimate of drug-likeness (QED) is 0.738. The van der Waals surface area contributed by atoms with Crippen molar-refractivity contribution in [2.24, 2.45) is 0 Å². The van der Waals surface area contributed by atoms with Crippen LogP contribution in [0.5, 0.6) is 0 Å². The predicted molar refractivity (Wildman–Crippen MR) is 70.6 cm³/mol. The summed E-state index contributed by atoms with van der Waals surface area (Å²) in [6.07, 6.45) is 0. The minimum absolute atomic E-state index is 0.137. The van der Waals surface area contributed by atoms with Crippen LogP contribution >= 0.6 is 12.6 Å². The van der Waals surface area contributed by atoms with Gasteiger partial charge in [-0.15, -0.1) is 0 Å². The van der Waals surface area contributed by atoms with E-state index in [0.717, 1.165) is 5.56 Å². The minimum atomic E-state index is 0.137. The molecule has 0 heterocycles. The maximum Gasteiger partial charge on any atom is 0.0681 e. The average molecular weight is 226 g/mol. The van der Waals surface area contributed by atoms with Crippen LogP contribution in [-0.2, 0) is 6.61 Å². The number of aliphatic hydroxyl groups excluding tert-OH is 1. The topological polar surface area (TPSA) is 20.2 Å². The van der Waals surface area contributed by atoms with Crippen LogP contribution < -0.4 is 0 Å². The Kier molecular flexibility index (Phi) is 7.53. The second-order valence-corrected chi connectivity index (χ2v) is 5.18. The van der Waals surface area contributed by atoms with Crippen LogP contribution in [0.3, 0.4) is 0 Å². The van der Waals surface area contributed by atoms with Gasteiger partial charge in [0, 0.05) is 0 Å². The van der Waals surface area contributed by atoms with E-state index in [-0.39, 0.29) is 6.61 Å². The molecular weight excluding hydrogens is 204 g/mol. The fourth-order valence-corrected chi connectivity index (χ4v) is 1.01. The first kappa shape index (κ1) is 14.5. The van der Waals surface area contributed by atoms with E-state index < -0.39 is 0 Å². The Morgan fingerprint density at radius 2 is 1.47 bits per heavy atom. The zero-order chi connectivity index (χ0) is 11.8. The summed E-state index contributed by atoms with van der Waals surface area (Å²) in [5.74, 6) is 0.572. The molecule has 1 N–H and O–H groups in total. The van der Waals surface area contributed by atoms with Crippen LogP contribution in [0.2, 0.25) is 0 Å². The third kappa shape index (κ3) is 7.46. The summed E-state index contributed by atoms with van der Waals surface area (Å²) in [6, 6.07) is 8.07. The summed E-state index contributed by atoms with van der Waals surface area (Å²) in [5, 5.41) is 9.29. The Morgan fingerprint density at radius 1 is 1.07 bits per heavy atom. The Hall–Kier alpha value is -0.470. The molecule has 0 aliphatic heterocycles. The van der Waals surface area contributed by atoms with Gasteiger partial charge in [-0.2, -0.15) is 12.6 Å². The number of benzene rings is 1. The van der Waals surface area contributed by atoms with Crippen LogP contribution in [0.15, 0.2) is 24.3 Å². The van der Waals surface area contributed by atoms with Crippen molar-refractivity contribution < 1.29 is 5.11 Å². The Balaban J connectivity index is 0.000000423. The molecule has 1 nitrogen and oxygen atoms in total. The van der Waals surface area contributed by atoms with Crippen molar-refractivity contribution in [2.75, 3.05) is 0 Å². The molecular formula is C13H22OS. The van der Waals surface area contributed by atoms with Gasteiger partial charge in [0.15, 0.2) is 0 Å². The van der Waals surface area contributed by atoms with Crippen LogP contribution in [0.25, 0.3) is 0 Å². The highest BCUT2D eigenvalue weighted by Crippen LogP contribution is 2.14. The Labute approximate surface area is 98.9 Å². The lowest BCUT2D eigenvalue weighted by atomic mass is 10.0. The van der Waals surface area contributed by atoms with Gasteiger partial charge in [0.05, 0.1) is 6.61 Å². The second kappa shape index (κ2) is 7.77. The highest BCUT2D eigenvalue weighted by atomic mass is 32.1. The van der Waals surface area contributed by atoms with Crippen molar-refractivity contribution in [1.29, 1.82) is 0 Å². The standard InChI is InChI=1S/C10H14O.C3H8S/c1-8(2)10-5-3-9(7-11)4-6-10;1-3(2)4/h3-6,8,11H,7H2,1-2H3;3-4H,1-2H3. The van der Waals surface area contributed by atoms with Crippen LogP contribution in [0.4, 0.5) is 0 Å². The zero-order valence-electron chi connectivity index (χ0n) is 10.1. The van der Waals surface area contributed by atoms with Crippen LogP contribution in [0.1, 0.15) is 44.7 Å². The van der Waals surface area contributed by atoms with E-state index in [1.807, 2.05) is 26.0 Å². The molecule has 2 heteroatoms. The summed E-state index contributed by atoms with van der Waals surface area (Å²) in [5.41, 5.74) is 2.30. The van der Waals surface area contributed by atoms with E-state index in [0.29, 0.717) is 11.2 Å². The molecule has 0 saturated carbocycles. The van der Waals surface area contributed by atoms with E-state index in [1.165, 1.54) is 5.56 Å². The lowest BCUT2D eigenvalue weighted by Gasteiger charge is -2.04. The van der Waals surface area contributed by atoms with E-state index in [9.17, 15) is 0 Å². The summed E-state index contributed by atoms with van der Waals surface area (Å²) in [7, 11) is 0. The molecule has 0 saturated heterocycles. The number of hydrogen-bond donors (Lipinski definition) is 2. The molecule has 0 aromatic heterocycles. The van der Waals surface area contributed by atoms with Gasteiger partial charge < -0.3 is 5.11 Å². The van der Waals surface area contributed by atoms with Crippen molar-refractivity contribution in [3.8, 4) is 0 Å². The summed E-state index contributed by atoms with van der Waals surface area (Å²) < 4.78 is 0. The number of aliphatic hydroxyl groups is 1. The summed E-state index contributed by atoms with van der Waals surface area (Å²) >= 11 is 3.97. The molecule has 86 valence electrons. The number of hydrogen-bond acceptors (Lipinski definition) is 2. The lowest BCUT2D eigenvalue weighted by Crippen LogP contribution is -1.88. The van der Waals surface area contributed by atoms with Gasteiger partial charge in [-0.3, -0.25) is 0 Å². The van der Waals surface area contributed by atoms with Gasteiger partial charge in [-0.1, -0.05) is 52.0 Å². The molecule has 15 heavy (non-hydrogen) atoms. The van der Waals surface area contributed by atoms with E-state index in [1.54, 1.807) is 0 Å². The third-order valence-electron chi connectivity index (χ3n) is 1.83. The van der Waals surface area contributed by atoms with E-state index in [2.05, 4.69) is 38.6 Å². The number of rotatable bonds is 2. The molecule has 0 spiro atoms. The molecule has 0 unspecified atom stereocenters. The average Bonchev–Trinajstić information content (AvgIpc) is 2.17. The Morgan fingerprint density at radius 3 is 1.73 bits per heavy atom. The SMILES string of the molecule is CC(C)S.CC(C)c1ccc(CO)cc1. The van der Waals surface area contributed by atoms with Gasteiger partial charge >= 0.3 is 0 Å². The Bertz CT molecular complexity index is 249. The van der Waals surface area contributed by atoms with Crippen molar-refractivity contribution >= 4 is 12.6 Å². The third-order valence-corrected chi connectivity index (χ3v) is 1.83. The molecule has 0 aliphatic rings. The molecule has 1 aromatic carbocycles. The van der Waals surface area contributed by atoms with Crippen molar-refractivity contribution in [3.05, 3.63) is 35.4 Å². The summed E-state index contributed by atoms with van der Waals surface area (Å²) in [6.45, 7) is 8.52.